The van der Waals surface area contributed by atoms with Crippen LogP contribution in [0.25, 0.3) is 22.0 Å². The summed E-state index contributed by atoms with van der Waals surface area (Å²) < 4.78 is 0. The lowest BCUT2D eigenvalue weighted by molar-refractivity contribution is -0.139. The zero-order valence-corrected chi connectivity index (χ0v) is 20.3. The average molecular weight is 495 g/mol. The van der Waals surface area contributed by atoms with Crippen LogP contribution in [0.2, 0.25) is 0 Å². The first-order chi connectivity index (χ1) is 17.9. The second kappa shape index (κ2) is 7.96. The summed E-state index contributed by atoms with van der Waals surface area (Å²) in [5.41, 5.74) is 2.88. The number of pyridine rings is 1. The van der Waals surface area contributed by atoms with E-state index >= 15 is 0 Å². The molecule has 0 radical (unpaired) electrons. The van der Waals surface area contributed by atoms with Gasteiger partial charge in [0.05, 0.1) is 5.52 Å². The summed E-state index contributed by atoms with van der Waals surface area (Å²) in [6, 6.07) is 17.1. The number of aromatic nitrogens is 1. The molecule has 0 unspecified atom stereocenters. The molecule has 2 aliphatic heterocycles. The van der Waals surface area contributed by atoms with E-state index in [1.54, 1.807) is 6.07 Å². The van der Waals surface area contributed by atoms with Gasteiger partial charge in [-0.15, -0.1) is 0 Å². The normalized spacial score (nSPS) is 20.3. The second-order valence-electron chi connectivity index (χ2n) is 10.8. The highest BCUT2D eigenvalue weighted by Crippen LogP contribution is 2.46. The number of carbonyl (C=O) groups is 3. The number of amides is 2. The summed E-state index contributed by atoms with van der Waals surface area (Å²) >= 11 is 0. The number of nitrogens with zero attached hydrogens (tertiary/aromatic N) is 4. The Labute approximate surface area is 213 Å². The molecule has 37 heavy (non-hydrogen) atoms. The molecule has 0 atom stereocenters. The van der Waals surface area contributed by atoms with Crippen molar-refractivity contribution in [2.24, 2.45) is 16.8 Å². The molecule has 2 aromatic carbocycles. The predicted molar refractivity (Wildman–Crippen MR) is 137 cm³/mol. The lowest BCUT2D eigenvalue weighted by atomic mass is 9.97. The fourth-order valence-corrected chi connectivity index (χ4v) is 5.43. The van der Waals surface area contributed by atoms with Gasteiger partial charge in [-0.2, -0.15) is 0 Å². The van der Waals surface area contributed by atoms with E-state index in [1.165, 1.54) is 6.07 Å². The number of fused-ring (bicyclic) bond motifs is 1. The monoisotopic (exact) mass is 494 g/mol. The quantitative estimate of drug-likeness (QED) is 0.564. The van der Waals surface area contributed by atoms with Crippen molar-refractivity contribution in [1.29, 1.82) is 0 Å². The minimum Gasteiger partial charge on any atom is -0.477 e. The Kier molecular flexibility index (Phi) is 4.77. The highest BCUT2D eigenvalue weighted by molar-refractivity contribution is 6.16. The van der Waals surface area contributed by atoms with Gasteiger partial charge in [-0.1, -0.05) is 42.5 Å². The van der Waals surface area contributed by atoms with E-state index in [2.05, 4.69) is 4.98 Å². The summed E-state index contributed by atoms with van der Waals surface area (Å²) in [6.45, 7) is 2.04. The van der Waals surface area contributed by atoms with Crippen LogP contribution in [0, 0.1) is 11.8 Å². The molecule has 2 saturated carbocycles. The standard InChI is InChI=1S/C29H26N4O4/c34-26(21-6-7-21)32-14-17(15-32)16-33-25(31-29(11-12-29)28(33)37)20-4-1-18(2-5-20)22-8-3-19-9-10-23(27(35)36)30-24(19)13-22/h1-5,8-10,13,17,21H,6-7,11-12,14-16H2,(H,35,36). The number of carboxylic acid groups (broad SMARTS) is 1. The minimum atomic E-state index is -1.05. The highest BCUT2D eigenvalue weighted by atomic mass is 16.4. The molecular weight excluding hydrogens is 468 g/mol. The largest absolute Gasteiger partial charge is 0.477 e. The van der Waals surface area contributed by atoms with E-state index in [-0.39, 0.29) is 29.3 Å². The van der Waals surface area contributed by atoms with E-state index in [1.807, 2.05) is 52.3 Å². The van der Waals surface area contributed by atoms with Crippen molar-refractivity contribution in [2.45, 2.75) is 31.2 Å². The average Bonchev–Trinajstić information content (AvgIpc) is 3.81. The van der Waals surface area contributed by atoms with Gasteiger partial charge in [0.25, 0.3) is 5.91 Å². The molecule has 1 aromatic heterocycles. The summed E-state index contributed by atoms with van der Waals surface area (Å²) in [7, 11) is 0. The Morgan fingerprint density at radius 1 is 0.946 bits per heavy atom. The Morgan fingerprint density at radius 3 is 2.30 bits per heavy atom. The van der Waals surface area contributed by atoms with Crippen molar-refractivity contribution >= 4 is 34.5 Å². The van der Waals surface area contributed by atoms with Crippen molar-refractivity contribution in [3.63, 3.8) is 0 Å². The number of likely N-dealkylation sites (tertiary alicyclic amines) is 1. The number of rotatable bonds is 6. The smallest absolute Gasteiger partial charge is 0.354 e. The molecule has 7 rings (SSSR count). The Hall–Kier alpha value is -4.07. The lowest BCUT2D eigenvalue weighted by Crippen LogP contribution is -2.55. The SMILES string of the molecule is O=C(O)c1ccc2ccc(-c3ccc(C4=NC5(CC5)C(=O)N4CC4CN(C(=O)C5CC5)C4)cc3)cc2n1. The predicted octanol–water partition coefficient (Wildman–Crippen LogP) is 3.59. The fraction of sp³-hybridized carbons (Fsp3) is 0.345. The van der Waals surface area contributed by atoms with Crippen LogP contribution in [0.5, 0.6) is 0 Å². The number of benzene rings is 2. The first-order valence-corrected chi connectivity index (χ1v) is 12.9. The number of aromatic carboxylic acids is 1. The van der Waals surface area contributed by atoms with Gasteiger partial charge in [0.15, 0.2) is 0 Å². The molecule has 1 saturated heterocycles. The fourth-order valence-electron chi connectivity index (χ4n) is 5.43. The first-order valence-electron chi connectivity index (χ1n) is 12.9. The van der Waals surface area contributed by atoms with Crippen LogP contribution in [0.3, 0.4) is 0 Å². The lowest BCUT2D eigenvalue weighted by Gasteiger charge is -2.41. The Bertz CT molecular complexity index is 1500. The van der Waals surface area contributed by atoms with E-state index in [4.69, 9.17) is 4.99 Å². The molecule has 1 spiro atoms. The van der Waals surface area contributed by atoms with Gasteiger partial charge in [0, 0.05) is 42.4 Å². The number of amidine groups is 1. The molecule has 3 heterocycles. The molecular formula is C29H26N4O4. The van der Waals surface area contributed by atoms with E-state index < -0.39 is 11.5 Å². The van der Waals surface area contributed by atoms with E-state index in [0.29, 0.717) is 12.1 Å². The van der Waals surface area contributed by atoms with Gasteiger partial charge in [0.2, 0.25) is 5.91 Å². The molecule has 1 N–H and O–H groups in total. The molecule has 186 valence electrons. The van der Waals surface area contributed by atoms with Gasteiger partial charge in [-0.25, -0.2) is 9.78 Å². The first kappa shape index (κ1) is 22.2. The zero-order valence-electron chi connectivity index (χ0n) is 20.3. The number of hydrogen-bond donors (Lipinski definition) is 1. The third-order valence-electron chi connectivity index (χ3n) is 7.97. The van der Waals surface area contributed by atoms with Crippen LogP contribution in [-0.4, -0.2) is 68.7 Å². The van der Waals surface area contributed by atoms with Gasteiger partial charge in [-0.05, 0) is 48.9 Å². The zero-order chi connectivity index (χ0) is 25.3. The van der Waals surface area contributed by atoms with E-state index in [9.17, 15) is 19.5 Å². The third kappa shape index (κ3) is 3.79. The van der Waals surface area contributed by atoms with Gasteiger partial charge in [0.1, 0.15) is 17.1 Å². The Balaban J connectivity index is 1.11. The van der Waals surface area contributed by atoms with E-state index in [0.717, 1.165) is 66.7 Å². The molecule has 8 heteroatoms. The maximum atomic E-state index is 13.3. The molecule has 3 aromatic rings. The Morgan fingerprint density at radius 2 is 1.62 bits per heavy atom. The van der Waals surface area contributed by atoms with Crippen LogP contribution in [0.1, 0.15) is 41.7 Å². The van der Waals surface area contributed by atoms with Gasteiger partial charge >= 0.3 is 5.97 Å². The summed E-state index contributed by atoms with van der Waals surface area (Å²) in [4.78, 5) is 49.8. The summed E-state index contributed by atoms with van der Waals surface area (Å²) in [6.07, 6.45) is 3.62. The van der Waals surface area contributed by atoms with Crippen molar-refractivity contribution in [3.8, 4) is 11.1 Å². The van der Waals surface area contributed by atoms with Crippen LogP contribution in [0.4, 0.5) is 0 Å². The van der Waals surface area contributed by atoms with Crippen LogP contribution < -0.4 is 0 Å². The van der Waals surface area contributed by atoms with Crippen LogP contribution >= 0.6 is 0 Å². The molecule has 2 amide bonds. The molecule has 0 bridgehead atoms. The van der Waals surface area contributed by atoms with Crippen LogP contribution in [-0.2, 0) is 9.59 Å². The second-order valence-corrected chi connectivity index (χ2v) is 10.8. The highest BCUT2D eigenvalue weighted by Gasteiger charge is 2.57. The molecule has 3 fully saturated rings. The van der Waals surface area contributed by atoms with Gasteiger partial charge < -0.3 is 10.0 Å². The van der Waals surface area contributed by atoms with Crippen molar-refractivity contribution < 1.29 is 19.5 Å². The number of aliphatic imine (C=N–C) groups is 1. The number of hydrogen-bond acceptors (Lipinski definition) is 5. The van der Waals surface area contributed by atoms with Crippen LogP contribution in [0.15, 0.2) is 59.6 Å². The summed E-state index contributed by atoms with van der Waals surface area (Å²) in [5, 5.41) is 10.1. The maximum absolute atomic E-state index is 13.3. The van der Waals surface area contributed by atoms with Crippen molar-refractivity contribution in [3.05, 3.63) is 65.9 Å². The molecule has 8 nitrogen and oxygen atoms in total. The van der Waals surface area contributed by atoms with Crippen molar-refractivity contribution in [1.82, 2.24) is 14.8 Å². The number of carbonyl (C=O) groups excluding carboxylic acids is 2. The molecule has 4 aliphatic rings. The minimum absolute atomic E-state index is 0.0181. The molecule has 2 aliphatic carbocycles. The summed E-state index contributed by atoms with van der Waals surface area (Å²) in [5.74, 6) is 0.560. The third-order valence-corrected chi connectivity index (χ3v) is 7.97. The topological polar surface area (TPSA) is 103 Å². The van der Waals surface area contributed by atoms with Crippen molar-refractivity contribution in [2.75, 3.05) is 19.6 Å². The number of carboxylic acids is 1. The maximum Gasteiger partial charge on any atom is 0.354 e. The van der Waals surface area contributed by atoms with Gasteiger partial charge in [-0.3, -0.25) is 19.5 Å².